The fourth-order valence-corrected chi connectivity index (χ4v) is 5.11. The van der Waals surface area contributed by atoms with Crippen LogP contribution in [0.3, 0.4) is 0 Å². The molecule has 1 amide bonds. The molecule has 0 aliphatic carbocycles. The molecule has 2 atom stereocenters. The van der Waals surface area contributed by atoms with E-state index in [4.69, 9.17) is 0 Å². The van der Waals surface area contributed by atoms with Crippen LogP contribution in [0.2, 0.25) is 0 Å². The number of pyridine rings is 1. The Morgan fingerprint density at radius 3 is 2.93 bits per heavy atom. The Morgan fingerprint density at radius 2 is 2.04 bits per heavy atom. The highest BCUT2D eigenvalue weighted by atomic mass is 32.2. The number of aromatic amines is 1. The Bertz CT molecular complexity index is 1040. The molecule has 4 heterocycles. The zero-order valence-electron chi connectivity index (χ0n) is 14.8. The second-order valence-corrected chi connectivity index (χ2v) is 8.31. The van der Waals surface area contributed by atoms with Gasteiger partial charge in [-0.05, 0) is 30.5 Å². The molecule has 0 spiro atoms. The zero-order valence-corrected chi connectivity index (χ0v) is 15.6. The van der Waals surface area contributed by atoms with Crippen molar-refractivity contribution in [2.24, 2.45) is 5.92 Å². The number of fused-ring (bicyclic) bond motifs is 5. The molecule has 7 heteroatoms. The molecule has 2 aromatic heterocycles. The summed E-state index contributed by atoms with van der Waals surface area (Å²) in [5.41, 5.74) is 3.05. The fourth-order valence-electron chi connectivity index (χ4n) is 4.32. The summed E-state index contributed by atoms with van der Waals surface area (Å²) in [5.74, 6) is 1.13. The van der Waals surface area contributed by atoms with Crippen molar-refractivity contribution in [3.05, 3.63) is 58.5 Å². The van der Waals surface area contributed by atoms with Gasteiger partial charge in [0.25, 0.3) is 5.56 Å². The minimum absolute atomic E-state index is 0.0717. The maximum Gasteiger partial charge on any atom is 0.250 e. The third kappa shape index (κ3) is 3.06. The molecule has 27 heavy (non-hydrogen) atoms. The predicted octanol–water partition coefficient (Wildman–Crippen LogP) is 2.46. The lowest BCUT2D eigenvalue weighted by Gasteiger charge is -2.42. The number of benzene rings is 1. The topological polar surface area (TPSA) is 71.0 Å². The number of rotatable bonds is 3. The minimum atomic E-state index is 0.0717. The van der Waals surface area contributed by atoms with Crippen molar-refractivity contribution in [1.29, 1.82) is 0 Å². The van der Waals surface area contributed by atoms with Crippen LogP contribution in [0, 0.1) is 5.92 Å². The lowest BCUT2D eigenvalue weighted by Crippen LogP contribution is -2.49. The standard InChI is InChI=1S/C20H20N4O2S/c25-18-7-3-6-17-14-8-13(10-24(17)18)9-23(11-14)19(26)12-27-20-21-15-4-1-2-5-16(15)22-20/h1-7,13-14H,8-12H2,(H,21,22)/t13-,14-/m1/s1. The van der Waals surface area contributed by atoms with Gasteiger partial charge in [-0.2, -0.15) is 0 Å². The molecule has 1 fully saturated rings. The van der Waals surface area contributed by atoms with E-state index in [0.717, 1.165) is 34.8 Å². The molecule has 6 nitrogen and oxygen atoms in total. The predicted molar refractivity (Wildman–Crippen MR) is 105 cm³/mol. The maximum absolute atomic E-state index is 12.8. The van der Waals surface area contributed by atoms with Crippen LogP contribution < -0.4 is 5.56 Å². The SMILES string of the molecule is O=C(CSc1nc2ccccc2[nH]1)N1C[C@H]2C[C@H](C1)c1cccc(=O)n1C2. The van der Waals surface area contributed by atoms with E-state index in [9.17, 15) is 9.59 Å². The van der Waals surface area contributed by atoms with Crippen LogP contribution in [0.5, 0.6) is 0 Å². The molecule has 1 N–H and O–H groups in total. The van der Waals surface area contributed by atoms with Crippen LogP contribution >= 0.6 is 11.8 Å². The van der Waals surface area contributed by atoms with E-state index in [2.05, 4.69) is 9.97 Å². The number of para-hydroxylation sites is 2. The van der Waals surface area contributed by atoms with Crippen LogP contribution in [0.15, 0.2) is 52.4 Å². The molecule has 0 unspecified atom stereocenters. The smallest absolute Gasteiger partial charge is 0.250 e. The number of carbonyl (C=O) groups is 1. The van der Waals surface area contributed by atoms with Crippen LogP contribution in [-0.2, 0) is 11.3 Å². The first-order valence-corrected chi connectivity index (χ1v) is 10.2. The van der Waals surface area contributed by atoms with Gasteiger partial charge < -0.3 is 14.5 Å². The Balaban J connectivity index is 1.28. The first kappa shape index (κ1) is 16.6. The Morgan fingerprint density at radius 1 is 1.15 bits per heavy atom. The van der Waals surface area contributed by atoms with E-state index in [1.807, 2.05) is 45.9 Å². The third-order valence-electron chi connectivity index (χ3n) is 5.53. The van der Waals surface area contributed by atoms with E-state index in [1.165, 1.54) is 11.8 Å². The summed E-state index contributed by atoms with van der Waals surface area (Å²) in [7, 11) is 0. The van der Waals surface area contributed by atoms with Crippen molar-refractivity contribution in [3.8, 4) is 0 Å². The number of likely N-dealkylation sites (tertiary alicyclic amines) is 1. The molecule has 5 rings (SSSR count). The van der Waals surface area contributed by atoms with Gasteiger partial charge in [-0.3, -0.25) is 9.59 Å². The average molecular weight is 380 g/mol. The fraction of sp³-hybridized carbons (Fsp3) is 0.350. The van der Waals surface area contributed by atoms with Gasteiger partial charge in [-0.1, -0.05) is 30.0 Å². The van der Waals surface area contributed by atoms with Crippen molar-refractivity contribution in [1.82, 2.24) is 19.4 Å². The zero-order chi connectivity index (χ0) is 18.4. The average Bonchev–Trinajstić information content (AvgIpc) is 3.10. The lowest BCUT2D eigenvalue weighted by molar-refractivity contribution is -0.131. The molecule has 2 aliphatic heterocycles. The number of piperidine rings is 1. The summed E-state index contributed by atoms with van der Waals surface area (Å²) in [6.07, 6.45) is 1.06. The molecule has 0 saturated carbocycles. The molecular weight excluding hydrogens is 360 g/mol. The molecule has 2 aliphatic rings. The summed E-state index contributed by atoms with van der Waals surface area (Å²) in [6.45, 7) is 2.14. The van der Waals surface area contributed by atoms with Gasteiger partial charge in [0.1, 0.15) is 0 Å². The minimum Gasteiger partial charge on any atom is -0.341 e. The van der Waals surface area contributed by atoms with Crippen molar-refractivity contribution in [2.45, 2.75) is 24.0 Å². The first-order valence-electron chi connectivity index (χ1n) is 9.22. The number of H-pyrrole nitrogens is 1. The van der Waals surface area contributed by atoms with Crippen LogP contribution in [0.4, 0.5) is 0 Å². The number of aromatic nitrogens is 3. The molecule has 138 valence electrons. The second kappa shape index (κ2) is 6.56. The summed E-state index contributed by atoms with van der Waals surface area (Å²) in [6, 6.07) is 13.3. The normalized spacial score (nSPS) is 21.3. The summed E-state index contributed by atoms with van der Waals surface area (Å²) >= 11 is 1.45. The van der Waals surface area contributed by atoms with Crippen molar-refractivity contribution in [2.75, 3.05) is 18.8 Å². The van der Waals surface area contributed by atoms with Crippen molar-refractivity contribution < 1.29 is 4.79 Å². The third-order valence-corrected chi connectivity index (χ3v) is 6.39. The summed E-state index contributed by atoms with van der Waals surface area (Å²) in [4.78, 5) is 34.7. The number of carbonyl (C=O) groups excluding carboxylic acids is 1. The molecule has 2 bridgehead atoms. The van der Waals surface area contributed by atoms with Gasteiger partial charge >= 0.3 is 0 Å². The molecule has 1 aromatic carbocycles. The van der Waals surface area contributed by atoms with Crippen molar-refractivity contribution >= 4 is 28.7 Å². The molecular formula is C20H20N4O2S. The number of hydrogen-bond acceptors (Lipinski definition) is 4. The Hall–Kier alpha value is -2.54. The van der Waals surface area contributed by atoms with Crippen molar-refractivity contribution in [3.63, 3.8) is 0 Å². The van der Waals surface area contributed by atoms with Gasteiger partial charge in [0, 0.05) is 37.3 Å². The molecule has 3 aromatic rings. The highest BCUT2D eigenvalue weighted by Gasteiger charge is 2.36. The Kier molecular flexibility index (Phi) is 4.04. The van der Waals surface area contributed by atoms with Gasteiger partial charge in [0.15, 0.2) is 5.16 Å². The quantitative estimate of drug-likeness (QED) is 0.709. The van der Waals surface area contributed by atoms with E-state index < -0.39 is 0 Å². The number of nitrogens with one attached hydrogen (secondary N) is 1. The number of hydrogen-bond donors (Lipinski definition) is 1. The van der Waals surface area contributed by atoms with E-state index in [-0.39, 0.29) is 17.4 Å². The van der Waals surface area contributed by atoms with E-state index in [1.54, 1.807) is 6.07 Å². The monoisotopic (exact) mass is 380 g/mol. The number of nitrogens with zero attached hydrogens (tertiary/aromatic N) is 3. The largest absolute Gasteiger partial charge is 0.341 e. The number of thioether (sulfide) groups is 1. The van der Waals surface area contributed by atoms with Gasteiger partial charge in [-0.25, -0.2) is 4.98 Å². The van der Waals surface area contributed by atoms with Crippen LogP contribution in [0.1, 0.15) is 18.0 Å². The Labute approximate surface area is 160 Å². The maximum atomic E-state index is 12.8. The summed E-state index contributed by atoms with van der Waals surface area (Å²) < 4.78 is 1.89. The molecule has 1 saturated heterocycles. The van der Waals surface area contributed by atoms with Gasteiger partial charge in [0.05, 0.1) is 16.8 Å². The van der Waals surface area contributed by atoms with Crippen LogP contribution in [0.25, 0.3) is 11.0 Å². The molecule has 0 radical (unpaired) electrons. The number of imidazole rings is 1. The van der Waals surface area contributed by atoms with E-state index in [0.29, 0.717) is 24.8 Å². The first-order chi connectivity index (χ1) is 13.2. The highest BCUT2D eigenvalue weighted by molar-refractivity contribution is 7.99. The van der Waals surface area contributed by atoms with Gasteiger partial charge in [0.2, 0.25) is 5.91 Å². The van der Waals surface area contributed by atoms with E-state index >= 15 is 0 Å². The van der Waals surface area contributed by atoms with Crippen LogP contribution in [-0.4, -0.2) is 44.2 Å². The highest BCUT2D eigenvalue weighted by Crippen LogP contribution is 2.35. The lowest BCUT2D eigenvalue weighted by atomic mass is 9.83. The second-order valence-electron chi connectivity index (χ2n) is 7.34. The summed E-state index contributed by atoms with van der Waals surface area (Å²) in [5, 5.41) is 0.777. The van der Waals surface area contributed by atoms with Gasteiger partial charge in [-0.15, -0.1) is 0 Å². The number of amides is 1.